The molecule has 0 amide bonds. The molecule has 5 heteroatoms. The zero-order valence-corrected chi connectivity index (χ0v) is 14.2. The topological polar surface area (TPSA) is 45.9 Å². The van der Waals surface area contributed by atoms with Crippen LogP contribution in [0.2, 0.25) is 5.02 Å². The Kier molecular flexibility index (Phi) is 4.77. The number of benzene rings is 1. The highest BCUT2D eigenvalue weighted by Gasteiger charge is 2.21. The molecule has 112 valence electrons. The highest BCUT2D eigenvalue weighted by Crippen LogP contribution is 2.33. The van der Waals surface area contributed by atoms with Gasteiger partial charge in [0, 0.05) is 34.9 Å². The van der Waals surface area contributed by atoms with Gasteiger partial charge in [0.25, 0.3) is 0 Å². The van der Waals surface area contributed by atoms with Crippen molar-refractivity contribution in [1.82, 2.24) is 4.98 Å². The van der Waals surface area contributed by atoms with Crippen LogP contribution in [0.3, 0.4) is 0 Å². The fourth-order valence-electron chi connectivity index (χ4n) is 2.66. The lowest BCUT2D eigenvalue weighted by Crippen LogP contribution is -2.15. The molecule has 2 heterocycles. The van der Waals surface area contributed by atoms with Crippen LogP contribution in [0, 0.1) is 11.3 Å². The number of hydrogen-bond acceptors (Lipinski definition) is 3. The van der Waals surface area contributed by atoms with E-state index in [1.807, 2.05) is 30.3 Å². The maximum absolute atomic E-state index is 9.41. The standard InChI is InChI=1S/C17H14BrClN2O/c18-13-3-1-12(2-4-13)17-14(10-20)15(19)9-16(21-17)11-5-7-22-8-6-11/h1-4,9,11H,5-8H2. The predicted octanol–water partition coefficient (Wildman–Crippen LogP) is 4.93. The molecule has 1 aromatic carbocycles. The molecule has 0 N–H and O–H groups in total. The summed E-state index contributed by atoms with van der Waals surface area (Å²) in [5.74, 6) is 0.341. The quantitative estimate of drug-likeness (QED) is 0.745. The van der Waals surface area contributed by atoms with E-state index in [4.69, 9.17) is 21.3 Å². The van der Waals surface area contributed by atoms with Crippen molar-refractivity contribution in [3.63, 3.8) is 0 Å². The van der Waals surface area contributed by atoms with Gasteiger partial charge in [-0.25, -0.2) is 0 Å². The van der Waals surface area contributed by atoms with Gasteiger partial charge < -0.3 is 4.74 Å². The second kappa shape index (κ2) is 6.78. The zero-order valence-electron chi connectivity index (χ0n) is 11.9. The number of aromatic nitrogens is 1. The molecule has 0 aliphatic carbocycles. The lowest BCUT2D eigenvalue weighted by Gasteiger charge is -2.22. The Morgan fingerprint density at radius 2 is 1.91 bits per heavy atom. The summed E-state index contributed by atoms with van der Waals surface area (Å²) in [6.45, 7) is 1.50. The Hall–Kier alpha value is -1.41. The van der Waals surface area contributed by atoms with Gasteiger partial charge in [0.05, 0.1) is 16.3 Å². The van der Waals surface area contributed by atoms with Gasteiger partial charge in [0.15, 0.2) is 0 Å². The van der Waals surface area contributed by atoms with Gasteiger partial charge >= 0.3 is 0 Å². The Labute approximate surface area is 143 Å². The van der Waals surface area contributed by atoms with Crippen LogP contribution in [0.1, 0.15) is 30.0 Å². The largest absolute Gasteiger partial charge is 0.381 e. The predicted molar refractivity (Wildman–Crippen MR) is 89.9 cm³/mol. The number of nitriles is 1. The van der Waals surface area contributed by atoms with Crippen molar-refractivity contribution >= 4 is 27.5 Å². The monoisotopic (exact) mass is 376 g/mol. The maximum atomic E-state index is 9.41. The molecular weight excluding hydrogens is 364 g/mol. The zero-order chi connectivity index (χ0) is 15.5. The molecule has 22 heavy (non-hydrogen) atoms. The summed E-state index contributed by atoms with van der Waals surface area (Å²) >= 11 is 9.75. The summed E-state index contributed by atoms with van der Waals surface area (Å²) in [5.41, 5.74) is 2.93. The van der Waals surface area contributed by atoms with E-state index in [1.54, 1.807) is 0 Å². The average molecular weight is 378 g/mol. The Bertz CT molecular complexity index is 719. The first-order chi connectivity index (χ1) is 10.7. The Morgan fingerprint density at radius 1 is 1.23 bits per heavy atom. The van der Waals surface area contributed by atoms with Crippen LogP contribution in [-0.4, -0.2) is 18.2 Å². The molecule has 1 aliphatic heterocycles. The molecule has 1 aromatic heterocycles. The number of halogens is 2. The lowest BCUT2D eigenvalue weighted by atomic mass is 9.94. The van der Waals surface area contributed by atoms with Crippen molar-refractivity contribution in [2.45, 2.75) is 18.8 Å². The van der Waals surface area contributed by atoms with Gasteiger partial charge in [-0.05, 0) is 31.0 Å². The fourth-order valence-corrected chi connectivity index (χ4v) is 3.17. The van der Waals surface area contributed by atoms with Crippen LogP contribution in [0.5, 0.6) is 0 Å². The second-order valence-corrected chi connectivity index (χ2v) is 6.58. The van der Waals surface area contributed by atoms with E-state index >= 15 is 0 Å². The van der Waals surface area contributed by atoms with Crippen LogP contribution in [0.4, 0.5) is 0 Å². The number of nitrogens with zero attached hydrogens (tertiary/aromatic N) is 2. The summed E-state index contributed by atoms with van der Waals surface area (Å²) in [6.07, 6.45) is 1.88. The van der Waals surface area contributed by atoms with Crippen molar-refractivity contribution in [2.75, 3.05) is 13.2 Å². The summed E-state index contributed by atoms with van der Waals surface area (Å²) < 4.78 is 6.39. The van der Waals surface area contributed by atoms with Crippen LogP contribution < -0.4 is 0 Å². The first-order valence-corrected chi connectivity index (χ1v) is 8.30. The van der Waals surface area contributed by atoms with Crippen LogP contribution >= 0.6 is 27.5 Å². The highest BCUT2D eigenvalue weighted by atomic mass is 79.9. The van der Waals surface area contributed by atoms with Gasteiger partial charge in [-0.2, -0.15) is 5.26 Å². The minimum atomic E-state index is 0.341. The highest BCUT2D eigenvalue weighted by molar-refractivity contribution is 9.10. The van der Waals surface area contributed by atoms with Crippen molar-refractivity contribution in [1.29, 1.82) is 5.26 Å². The summed E-state index contributed by atoms with van der Waals surface area (Å²) in [6, 6.07) is 11.8. The van der Waals surface area contributed by atoms with Gasteiger partial charge in [-0.15, -0.1) is 0 Å². The SMILES string of the molecule is N#Cc1c(Cl)cc(C2CCOCC2)nc1-c1ccc(Br)cc1. The normalized spacial score (nSPS) is 15.5. The van der Waals surface area contributed by atoms with Crippen molar-refractivity contribution < 1.29 is 4.74 Å². The van der Waals surface area contributed by atoms with E-state index in [2.05, 4.69) is 22.0 Å². The molecule has 0 saturated carbocycles. The van der Waals surface area contributed by atoms with Crippen molar-refractivity contribution in [3.05, 3.63) is 51.1 Å². The van der Waals surface area contributed by atoms with E-state index in [-0.39, 0.29) is 0 Å². The smallest absolute Gasteiger partial charge is 0.103 e. The third kappa shape index (κ3) is 3.17. The van der Waals surface area contributed by atoms with E-state index in [9.17, 15) is 5.26 Å². The minimum Gasteiger partial charge on any atom is -0.381 e. The van der Waals surface area contributed by atoms with Crippen LogP contribution in [-0.2, 0) is 4.74 Å². The first kappa shape index (κ1) is 15.5. The van der Waals surface area contributed by atoms with E-state index in [1.165, 1.54) is 0 Å². The molecule has 3 nitrogen and oxygen atoms in total. The number of rotatable bonds is 2. The summed E-state index contributed by atoms with van der Waals surface area (Å²) in [7, 11) is 0. The molecular formula is C17H14BrClN2O. The van der Waals surface area contributed by atoms with E-state index < -0.39 is 0 Å². The molecule has 1 aliphatic rings. The van der Waals surface area contributed by atoms with Gasteiger partial charge in [0.1, 0.15) is 6.07 Å². The number of pyridine rings is 1. The van der Waals surface area contributed by atoms with Crippen molar-refractivity contribution in [3.8, 4) is 17.3 Å². The summed E-state index contributed by atoms with van der Waals surface area (Å²) in [5, 5.41) is 9.88. The fraction of sp³-hybridized carbons (Fsp3) is 0.294. The molecule has 1 saturated heterocycles. The number of hydrogen-bond donors (Lipinski definition) is 0. The number of ether oxygens (including phenoxy) is 1. The lowest BCUT2D eigenvalue weighted by molar-refractivity contribution is 0.0845. The van der Waals surface area contributed by atoms with E-state index in [0.717, 1.165) is 41.8 Å². The molecule has 1 fully saturated rings. The molecule has 0 bridgehead atoms. The average Bonchev–Trinajstić information content (AvgIpc) is 2.55. The second-order valence-electron chi connectivity index (χ2n) is 5.26. The molecule has 2 aromatic rings. The van der Waals surface area contributed by atoms with Gasteiger partial charge in [-0.1, -0.05) is 39.7 Å². The maximum Gasteiger partial charge on any atom is 0.103 e. The molecule has 0 atom stereocenters. The third-order valence-electron chi connectivity index (χ3n) is 3.86. The molecule has 0 unspecified atom stereocenters. The van der Waals surface area contributed by atoms with E-state index in [0.29, 0.717) is 22.2 Å². The first-order valence-electron chi connectivity index (χ1n) is 7.13. The van der Waals surface area contributed by atoms with Gasteiger partial charge in [-0.3, -0.25) is 4.98 Å². The Morgan fingerprint density at radius 3 is 2.55 bits per heavy atom. The van der Waals surface area contributed by atoms with Gasteiger partial charge in [0.2, 0.25) is 0 Å². The van der Waals surface area contributed by atoms with Crippen LogP contribution in [0.25, 0.3) is 11.3 Å². The Balaban J connectivity index is 2.08. The molecule has 0 radical (unpaired) electrons. The third-order valence-corrected chi connectivity index (χ3v) is 4.69. The van der Waals surface area contributed by atoms with Crippen molar-refractivity contribution in [2.24, 2.45) is 0 Å². The molecule has 3 rings (SSSR count). The van der Waals surface area contributed by atoms with Crippen LogP contribution in [0.15, 0.2) is 34.8 Å². The minimum absolute atomic E-state index is 0.341. The molecule has 0 spiro atoms. The summed E-state index contributed by atoms with van der Waals surface area (Å²) in [4.78, 5) is 4.75.